The Morgan fingerprint density at radius 1 is 1.35 bits per heavy atom. The number of ether oxygens (including phenoxy) is 1. The van der Waals surface area contributed by atoms with Crippen molar-refractivity contribution in [2.75, 3.05) is 31.9 Å². The van der Waals surface area contributed by atoms with Gasteiger partial charge in [-0.2, -0.15) is 0 Å². The standard InChI is InChI=1S/C21H35N3O2/c1-6-8-19(17-9-7-10-18(22)13-17)24-12-11-23(14-16(24)2)15-20(25)26-21(3,4)5/h7,9-10,13,16,19H,6,8,11-12,14-15,22H2,1-5H3. The number of nitrogen functional groups attached to an aromatic ring is 1. The van der Waals surface area contributed by atoms with Gasteiger partial charge in [0.15, 0.2) is 0 Å². The lowest BCUT2D eigenvalue weighted by atomic mass is 9.97. The van der Waals surface area contributed by atoms with Crippen molar-refractivity contribution in [2.45, 2.75) is 65.1 Å². The van der Waals surface area contributed by atoms with Gasteiger partial charge in [-0.25, -0.2) is 0 Å². The van der Waals surface area contributed by atoms with Crippen molar-refractivity contribution in [1.82, 2.24) is 9.80 Å². The van der Waals surface area contributed by atoms with E-state index in [0.717, 1.165) is 38.2 Å². The van der Waals surface area contributed by atoms with Crippen LogP contribution in [0.25, 0.3) is 0 Å². The summed E-state index contributed by atoms with van der Waals surface area (Å²) >= 11 is 0. The normalized spacial score (nSPS) is 20.7. The Bertz CT molecular complexity index is 597. The molecule has 1 fully saturated rings. The SMILES string of the molecule is CCCC(c1cccc(N)c1)N1CCN(CC(=O)OC(C)(C)C)CC1C. The van der Waals surface area contributed by atoms with Gasteiger partial charge in [-0.1, -0.05) is 25.5 Å². The number of esters is 1. The number of carbonyl (C=O) groups excluding carboxylic acids is 1. The number of piperazine rings is 1. The fourth-order valence-corrected chi connectivity index (χ4v) is 3.77. The highest BCUT2D eigenvalue weighted by atomic mass is 16.6. The van der Waals surface area contributed by atoms with Crippen molar-refractivity contribution in [3.63, 3.8) is 0 Å². The van der Waals surface area contributed by atoms with Crippen LogP contribution in [0.4, 0.5) is 5.69 Å². The first-order valence-electron chi connectivity index (χ1n) is 9.75. The Labute approximate surface area is 158 Å². The quantitative estimate of drug-likeness (QED) is 0.621. The third kappa shape index (κ3) is 5.99. The number of benzene rings is 1. The van der Waals surface area contributed by atoms with Crippen molar-refractivity contribution in [2.24, 2.45) is 0 Å². The van der Waals surface area contributed by atoms with Gasteiger partial charge in [-0.15, -0.1) is 0 Å². The number of hydrogen-bond donors (Lipinski definition) is 1. The summed E-state index contributed by atoms with van der Waals surface area (Å²) in [5.41, 5.74) is 7.69. The van der Waals surface area contributed by atoms with Gasteiger partial charge in [-0.05, 0) is 51.8 Å². The van der Waals surface area contributed by atoms with Crippen LogP contribution in [-0.4, -0.2) is 53.6 Å². The lowest BCUT2D eigenvalue weighted by Crippen LogP contribution is -2.54. The minimum Gasteiger partial charge on any atom is -0.459 e. The van der Waals surface area contributed by atoms with Crippen molar-refractivity contribution in [3.8, 4) is 0 Å². The van der Waals surface area contributed by atoms with Gasteiger partial charge in [0.25, 0.3) is 0 Å². The molecule has 2 rings (SSSR count). The van der Waals surface area contributed by atoms with E-state index in [1.54, 1.807) is 0 Å². The molecular formula is C21H35N3O2. The summed E-state index contributed by atoms with van der Waals surface area (Å²) in [5, 5.41) is 0. The monoisotopic (exact) mass is 361 g/mol. The Hall–Kier alpha value is -1.59. The second kappa shape index (κ2) is 8.87. The molecule has 26 heavy (non-hydrogen) atoms. The summed E-state index contributed by atoms with van der Waals surface area (Å²) in [6.07, 6.45) is 2.24. The van der Waals surface area contributed by atoms with Crippen LogP contribution in [0, 0.1) is 0 Å². The molecule has 5 nitrogen and oxygen atoms in total. The summed E-state index contributed by atoms with van der Waals surface area (Å²) < 4.78 is 5.46. The van der Waals surface area contributed by atoms with Gasteiger partial charge in [0.05, 0.1) is 6.54 Å². The number of carbonyl (C=O) groups is 1. The second-order valence-corrected chi connectivity index (χ2v) is 8.38. The zero-order valence-electron chi connectivity index (χ0n) is 17.0. The molecule has 1 aliphatic rings. The van der Waals surface area contributed by atoms with E-state index in [4.69, 9.17) is 10.5 Å². The van der Waals surface area contributed by atoms with E-state index in [1.165, 1.54) is 5.56 Å². The molecular weight excluding hydrogens is 326 g/mol. The number of rotatable bonds is 6. The zero-order chi connectivity index (χ0) is 19.3. The Morgan fingerprint density at radius 3 is 2.65 bits per heavy atom. The summed E-state index contributed by atoms with van der Waals surface area (Å²) in [5.74, 6) is -0.140. The van der Waals surface area contributed by atoms with Crippen LogP contribution in [0.5, 0.6) is 0 Å². The minimum atomic E-state index is -0.427. The largest absolute Gasteiger partial charge is 0.459 e. The predicted molar refractivity (Wildman–Crippen MR) is 107 cm³/mol. The van der Waals surface area contributed by atoms with E-state index >= 15 is 0 Å². The van der Waals surface area contributed by atoms with Crippen LogP contribution >= 0.6 is 0 Å². The first-order valence-corrected chi connectivity index (χ1v) is 9.75. The van der Waals surface area contributed by atoms with Crippen LogP contribution in [-0.2, 0) is 9.53 Å². The van der Waals surface area contributed by atoms with E-state index < -0.39 is 5.60 Å². The van der Waals surface area contributed by atoms with Crippen molar-refractivity contribution >= 4 is 11.7 Å². The molecule has 0 bridgehead atoms. The van der Waals surface area contributed by atoms with Gasteiger partial charge >= 0.3 is 5.97 Å². The van der Waals surface area contributed by atoms with Crippen LogP contribution in [0.2, 0.25) is 0 Å². The molecule has 0 aliphatic carbocycles. The maximum atomic E-state index is 12.1. The molecule has 1 aromatic carbocycles. The van der Waals surface area contributed by atoms with Crippen LogP contribution in [0.1, 0.15) is 59.1 Å². The minimum absolute atomic E-state index is 0.140. The van der Waals surface area contributed by atoms with Gasteiger partial charge < -0.3 is 10.5 Å². The maximum absolute atomic E-state index is 12.1. The van der Waals surface area contributed by atoms with E-state index in [9.17, 15) is 4.79 Å². The highest BCUT2D eigenvalue weighted by molar-refractivity contribution is 5.72. The van der Waals surface area contributed by atoms with Crippen molar-refractivity contribution in [1.29, 1.82) is 0 Å². The highest BCUT2D eigenvalue weighted by Gasteiger charge is 2.31. The molecule has 146 valence electrons. The Kier molecular flexibility index (Phi) is 7.07. The molecule has 0 saturated carbocycles. The zero-order valence-corrected chi connectivity index (χ0v) is 17.0. The van der Waals surface area contributed by atoms with Gasteiger partial charge in [0.2, 0.25) is 0 Å². The lowest BCUT2D eigenvalue weighted by molar-refractivity contribution is -0.156. The fraction of sp³-hybridized carbons (Fsp3) is 0.667. The molecule has 0 radical (unpaired) electrons. The second-order valence-electron chi connectivity index (χ2n) is 8.38. The summed E-state index contributed by atoms with van der Waals surface area (Å²) in [6, 6.07) is 9.01. The first-order chi connectivity index (χ1) is 12.2. The molecule has 0 aromatic heterocycles. The molecule has 1 heterocycles. The molecule has 0 amide bonds. The Balaban J connectivity index is 2.00. The van der Waals surface area contributed by atoms with Gasteiger partial charge in [0.1, 0.15) is 5.60 Å². The fourth-order valence-electron chi connectivity index (χ4n) is 3.77. The van der Waals surface area contributed by atoms with Gasteiger partial charge in [-0.3, -0.25) is 14.6 Å². The molecule has 1 aromatic rings. The van der Waals surface area contributed by atoms with Crippen LogP contribution in [0.15, 0.2) is 24.3 Å². The number of nitrogens with zero attached hydrogens (tertiary/aromatic N) is 2. The number of nitrogens with two attached hydrogens (primary N) is 1. The molecule has 2 atom stereocenters. The molecule has 2 N–H and O–H groups in total. The summed E-state index contributed by atoms with van der Waals surface area (Å²) in [7, 11) is 0. The van der Waals surface area contributed by atoms with Crippen LogP contribution < -0.4 is 5.73 Å². The van der Waals surface area contributed by atoms with Crippen molar-refractivity contribution < 1.29 is 9.53 Å². The van der Waals surface area contributed by atoms with E-state index in [1.807, 2.05) is 32.9 Å². The molecule has 1 saturated heterocycles. The number of hydrogen-bond acceptors (Lipinski definition) is 5. The Morgan fingerprint density at radius 2 is 2.08 bits per heavy atom. The first kappa shape index (κ1) is 20.7. The van der Waals surface area contributed by atoms with E-state index in [-0.39, 0.29) is 5.97 Å². The number of anilines is 1. The van der Waals surface area contributed by atoms with Crippen LogP contribution in [0.3, 0.4) is 0 Å². The molecule has 0 spiro atoms. The van der Waals surface area contributed by atoms with E-state index in [2.05, 4.69) is 35.8 Å². The average Bonchev–Trinajstić information content (AvgIpc) is 2.51. The summed E-state index contributed by atoms with van der Waals surface area (Å²) in [6.45, 7) is 13.3. The van der Waals surface area contributed by atoms with Crippen molar-refractivity contribution in [3.05, 3.63) is 29.8 Å². The lowest BCUT2D eigenvalue weighted by Gasteiger charge is -2.44. The topological polar surface area (TPSA) is 58.8 Å². The molecule has 2 unspecified atom stereocenters. The molecule has 5 heteroatoms. The molecule has 1 aliphatic heterocycles. The predicted octanol–water partition coefficient (Wildman–Crippen LogP) is 3.46. The van der Waals surface area contributed by atoms with Gasteiger partial charge in [0, 0.05) is 37.4 Å². The third-order valence-electron chi connectivity index (χ3n) is 4.79. The third-order valence-corrected chi connectivity index (χ3v) is 4.79. The maximum Gasteiger partial charge on any atom is 0.320 e. The highest BCUT2D eigenvalue weighted by Crippen LogP contribution is 2.30. The van der Waals surface area contributed by atoms with E-state index in [0.29, 0.717) is 18.6 Å². The smallest absolute Gasteiger partial charge is 0.320 e. The summed E-state index contributed by atoms with van der Waals surface area (Å²) in [4.78, 5) is 16.9. The average molecular weight is 362 g/mol.